The molecule has 162 valence electrons. The third-order valence-electron chi connectivity index (χ3n) is 4.78. The average molecular weight is 439 g/mol. The summed E-state index contributed by atoms with van der Waals surface area (Å²) in [5.74, 6) is -0.683. The summed E-state index contributed by atoms with van der Waals surface area (Å²) in [6.07, 6.45) is 2.78. The molecule has 1 aromatic heterocycles. The molecule has 1 aliphatic heterocycles. The van der Waals surface area contributed by atoms with Crippen LogP contribution in [0.4, 0.5) is 5.95 Å². The molecule has 0 saturated carbocycles. The fraction of sp³-hybridized carbons (Fsp3) is 0.261. The molecule has 1 aliphatic rings. The zero-order valence-electron chi connectivity index (χ0n) is 17.6. The minimum atomic E-state index is -0.990. The number of aromatic amines is 1. The first-order chi connectivity index (χ1) is 14.9. The number of H-pyrrole nitrogens is 1. The van der Waals surface area contributed by atoms with Crippen molar-refractivity contribution < 1.29 is 9.90 Å². The van der Waals surface area contributed by atoms with E-state index in [-0.39, 0.29) is 11.1 Å². The Morgan fingerprint density at radius 1 is 1.06 bits per heavy atom. The van der Waals surface area contributed by atoms with Gasteiger partial charge in [-0.3, -0.25) is 14.5 Å². The molecule has 0 aliphatic carbocycles. The van der Waals surface area contributed by atoms with Crippen LogP contribution in [0.15, 0.2) is 58.2 Å². The lowest BCUT2D eigenvalue weighted by molar-refractivity contribution is 0.0696. The number of nitrogens with zero attached hydrogens (tertiary/aromatic N) is 1. The van der Waals surface area contributed by atoms with Gasteiger partial charge in [0.25, 0.3) is 5.56 Å². The number of aromatic carboxylic acids is 1. The molecule has 1 fully saturated rings. The van der Waals surface area contributed by atoms with Crippen LogP contribution in [0.25, 0.3) is 11.3 Å². The number of hydrogen-bond acceptors (Lipinski definition) is 6. The van der Waals surface area contributed by atoms with Crippen molar-refractivity contribution in [3.63, 3.8) is 0 Å². The minimum absolute atomic E-state index is 0.197. The van der Waals surface area contributed by atoms with Crippen LogP contribution in [0.3, 0.4) is 0 Å². The second kappa shape index (κ2) is 10.8. The molecule has 2 heterocycles. The van der Waals surface area contributed by atoms with E-state index in [4.69, 9.17) is 5.11 Å². The number of carboxylic acid groups (broad SMARTS) is 1. The first-order valence-electron chi connectivity index (χ1n) is 10.1. The molecule has 4 N–H and O–H groups in total. The molecule has 31 heavy (non-hydrogen) atoms. The van der Waals surface area contributed by atoms with E-state index in [0.29, 0.717) is 16.5 Å². The number of hydrogen-bond donors (Lipinski definition) is 4. The molecule has 2 aromatic carbocycles. The number of aryl methyl sites for hydroxylation is 2. The van der Waals surface area contributed by atoms with Gasteiger partial charge in [-0.1, -0.05) is 24.3 Å². The fourth-order valence-corrected chi connectivity index (χ4v) is 3.92. The average Bonchev–Trinajstić information content (AvgIpc) is 3.32. The molecular formula is C23H26N4O3S. The zero-order valence-corrected chi connectivity index (χ0v) is 18.4. The van der Waals surface area contributed by atoms with Gasteiger partial charge >= 0.3 is 5.97 Å². The second-order valence-corrected chi connectivity index (χ2v) is 8.12. The molecule has 7 nitrogen and oxygen atoms in total. The van der Waals surface area contributed by atoms with Gasteiger partial charge in [0.15, 0.2) is 0 Å². The second-order valence-electron chi connectivity index (χ2n) is 7.24. The maximum atomic E-state index is 12.0. The zero-order chi connectivity index (χ0) is 22.2. The number of aromatic nitrogens is 2. The van der Waals surface area contributed by atoms with Crippen LogP contribution < -0.4 is 15.6 Å². The van der Waals surface area contributed by atoms with Crippen molar-refractivity contribution in [1.82, 2.24) is 15.3 Å². The van der Waals surface area contributed by atoms with Gasteiger partial charge in [-0.2, -0.15) is 0 Å². The van der Waals surface area contributed by atoms with Crippen LogP contribution in [0.2, 0.25) is 0 Å². The van der Waals surface area contributed by atoms with Crippen LogP contribution in [0.5, 0.6) is 0 Å². The topological polar surface area (TPSA) is 107 Å². The highest BCUT2D eigenvalue weighted by atomic mass is 32.2. The SMILES string of the molecule is C1CCNC1.Cc1cccc(C)c1-c1cc(=O)[nH]c(NSc2cccc(C(=O)O)c2)n1. The van der Waals surface area contributed by atoms with E-state index >= 15 is 0 Å². The number of benzene rings is 2. The van der Waals surface area contributed by atoms with Crippen molar-refractivity contribution in [1.29, 1.82) is 0 Å². The Morgan fingerprint density at radius 3 is 2.35 bits per heavy atom. The number of carboxylic acids is 1. The number of carbonyl (C=O) groups is 1. The van der Waals surface area contributed by atoms with Crippen molar-refractivity contribution in [3.05, 3.63) is 75.6 Å². The molecule has 3 aromatic rings. The van der Waals surface area contributed by atoms with E-state index in [2.05, 4.69) is 20.0 Å². The number of rotatable bonds is 5. The van der Waals surface area contributed by atoms with Crippen LogP contribution in [0.1, 0.15) is 34.3 Å². The molecular weight excluding hydrogens is 412 g/mol. The summed E-state index contributed by atoms with van der Waals surface area (Å²) in [5, 5.41) is 12.3. The highest BCUT2D eigenvalue weighted by Crippen LogP contribution is 2.26. The lowest BCUT2D eigenvalue weighted by atomic mass is 10.00. The van der Waals surface area contributed by atoms with Crippen molar-refractivity contribution >= 4 is 23.9 Å². The van der Waals surface area contributed by atoms with E-state index in [9.17, 15) is 9.59 Å². The third-order valence-corrected chi connectivity index (χ3v) is 5.57. The molecule has 0 radical (unpaired) electrons. The molecule has 0 bridgehead atoms. The first kappa shape index (κ1) is 22.6. The van der Waals surface area contributed by atoms with E-state index in [1.807, 2.05) is 32.0 Å². The maximum Gasteiger partial charge on any atom is 0.335 e. The summed E-state index contributed by atoms with van der Waals surface area (Å²) in [6.45, 7) is 6.45. The van der Waals surface area contributed by atoms with Gasteiger partial charge in [0.1, 0.15) is 0 Å². The normalized spacial score (nSPS) is 12.7. The summed E-state index contributed by atoms with van der Waals surface area (Å²) in [6, 6.07) is 13.9. The monoisotopic (exact) mass is 438 g/mol. The molecule has 0 spiro atoms. The first-order valence-corrected chi connectivity index (χ1v) is 10.9. The van der Waals surface area contributed by atoms with Crippen LogP contribution in [0, 0.1) is 13.8 Å². The van der Waals surface area contributed by atoms with Crippen molar-refractivity contribution in [2.75, 3.05) is 17.8 Å². The van der Waals surface area contributed by atoms with Crippen molar-refractivity contribution in [2.24, 2.45) is 0 Å². The Kier molecular flexibility index (Phi) is 7.86. The van der Waals surface area contributed by atoms with Crippen LogP contribution in [-0.4, -0.2) is 34.1 Å². The largest absolute Gasteiger partial charge is 0.478 e. The Hall–Kier alpha value is -3.10. The maximum absolute atomic E-state index is 12.0. The van der Waals surface area contributed by atoms with Crippen LogP contribution >= 0.6 is 11.9 Å². The fourth-order valence-electron chi connectivity index (χ4n) is 3.28. The van der Waals surface area contributed by atoms with Gasteiger partial charge in [-0.05, 0) is 81.1 Å². The van der Waals surface area contributed by atoms with Gasteiger partial charge in [0, 0.05) is 16.5 Å². The molecule has 0 unspecified atom stereocenters. The minimum Gasteiger partial charge on any atom is -0.478 e. The van der Waals surface area contributed by atoms with Gasteiger partial charge in [0.05, 0.1) is 11.3 Å². The Balaban J connectivity index is 0.000000478. The highest BCUT2D eigenvalue weighted by Gasteiger charge is 2.10. The van der Waals surface area contributed by atoms with Gasteiger partial charge < -0.3 is 10.4 Å². The Morgan fingerprint density at radius 2 is 1.74 bits per heavy atom. The number of anilines is 1. The summed E-state index contributed by atoms with van der Waals surface area (Å²) in [7, 11) is 0. The van der Waals surface area contributed by atoms with Crippen molar-refractivity contribution in [3.8, 4) is 11.3 Å². The molecule has 4 rings (SSSR count). The summed E-state index contributed by atoms with van der Waals surface area (Å²) >= 11 is 1.18. The van der Waals surface area contributed by atoms with E-state index in [1.54, 1.807) is 18.2 Å². The molecule has 0 atom stereocenters. The van der Waals surface area contributed by atoms with Gasteiger partial charge in [-0.15, -0.1) is 0 Å². The highest BCUT2D eigenvalue weighted by molar-refractivity contribution is 8.00. The smallest absolute Gasteiger partial charge is 0.335 e. The Labute approximate surface area is 185 Å². The standard InChI is InChI=1S/C19H17N3O3S.C4H9N/c1-11-5-3-6-12(2)17(11)15-10-16(23)21-19(20-15)22-26-14-8-4-7-13(9-14)18(24)25;1-2-4-5-3-1/h3-10H,1-2H3,(H,24,25)(H2,20,21,22,23);5H,1-4H2. The van der Waals surface area contributed by atoms with Gasteiger partial charge in [0.2, 0.25) is 5.95 Å². The molecule has 0 amide bonds. The summed E-state index contributed by atoms with van der Waals surface area (Å²) in [5.41, 5.74) is 3.53. The van der Waals surface area contributed by atoms with E-state index in [1.165, 1.54) is 50.0 Å². The quantitative estimate of drug-likeness (QED) is 0.441. The lowest BCUT2D eigenvalue weighted by Crippen LogP contribution is -2.10. The number of nitrogens with one attached hydrogen (secondary N) is 3. The van der Waals surface area contributed by atoms with E-state index < -0.39 is 5.97 Å². The summed E-state index contributed by atoms with van der Waals surface area (Å²) < 4.78 is 2.97. The predicted molar refractivity (Wildman–Crippen MR) is 125 cm³/mol. The Bertz CT molecular complexity index is 1080. The van der Waals surface area contributed by atoms with Crippen molar-refractivity contribution in [2.45, 2.75) is 31.6 Å². The lowest BCUT2D eigenvalue weighted by Gasteiger charge is -2.11. The predicted octanol–water partition coefficient (Wildman–Crippen LogP) is 4.24. The van der Waals surface area contributed by atoms with Gasteiger partial charge in [-0.25, -0.2) is 9.78 Å². The van der Waals surface area contributed by atoms with E-state index in [0.717, 1.165) is 16.7 Å². The molecule has 8 heteroatoms. The third kappa shape index (κ3) is 6.44. The summed E-state index contributed by atoms with van der Waals surface area (Å²) in [4.78, 5) is 30.9. The van der Waals surface area contributed by atoms with Crippen LogP contribution in [-0.2, 0) is 0 Å². The molecule has 1 saturated heterocycles.